The van der Waals surface area contributed by atoms with Crippen LogP contribution < -0.4 is 5.32 Å². The average Bonchev–Trinajstić information content (AvgIpc) is 2.72. The van der Waals surface area contributed by atoms with Crippen LogP contribution in [-0.4, -0.2) is 9.97 Å². The molecule has 1 heterocycles. The molecule has 0 bridgehead atoms. The van der Waals surface area contributed by atoms with Crippen molar-refractivity contribution in [3.8, 4) is 0 Å². The minimum Gasteiger partial charge on any atom is -0.348 e. The third kappa shape index (κ3) is 2.76. The predicted octanol–water partition coefficient (Wildman–Crippen LogP) is 2.76. The fourth-order valence-corrected chi connectivity index (χ4v) is 2.03. The Morgan fingerprint density at radius 2 is 1.83 bits per heavy atom. The number of aromatic nitrogens is 2. The lowest BCUT2D eigenvalue weighted by Crippen LogP contribution is -2.14. The number of imidazole rings is 1. The van der Waals surface area contributed by atoms with Gasteiger partial charge in [-0.3, -0.25) is 0 Å². The van der Waals surface area contributed by atoms with E-state index in [4.69, 9.17) is 0 Å². The van der Waals surface area contributed by atoms with Crippen molar-refractivity contribution < 1.29 is 4.39 Å². The summed E-state index contributed by atoms with van der Waals surface area (Å²) in [5.74, 6) is -0.109. The molecule has 0 saturated heterocycles. The zero-order valence-electron chi connectivity index (χ0n) is 11.0. The predicted molar refractivity (Wildman–Crippen MR) is 69.7 cm³/mol. The molecule has 0 atom stereocenters. The number of H-pyrrole nitrogens is 1. The molecule has 2 N–H and O–H groups in total. The van der Waals surface area contributed by atoms with Gasteiger partial charge in [-0.15, -0.1) is 0 Å². The molecule has 0 amide bonds. The summed E-state index contributed by atoms with van der Waals surface area (Å²) in [4.78, 5) is 7.26. The minimum absolute atomic E-state index is 0.109. The maximum atomic E-state index is 13.5. The molecular weight excluding hydrogens is 229 g/mol. The first-order chi connectivity index (χ1) is 8.58. The van der Waals surface area contributed by atoms with Gasteiger partial charge in [0, 0.05) is 18.8 Å². The second kappa shape index (κ2) is 5.31. The summed E-state index contributed by atoms with van der Waals surface area (Å²) in [5, 5.41) is 3.31. The van der Waals surface area contributed by atoms with E-state index in [1.807, 2.05) is 19.1 Å². The summed E-state index contributed by atoms with van der Waals surface area (Å²) in [6, 6.07) is 3.76. The van der Waals surface area contributed by atoms with Gasteiger partial charge in [0.1, 0.15) is 5.82 Å². The number of hydrogen-bond acceptors (Lipinski definition) is 2. The minimum atomic E-state index is -0.109. The molecule has 96 valence electrons. The smallest absolute Gasteiger partial charge is 0.129 e. The zero-order valence-corrected chi connectivity index (χ0v) is 11.0. The number of nitrogens with one attached hydrogen (secondary N) is 2. The van der Waals surface area contributed by atoms with Crippen LogP contribution in [0.5, 0.6) is 0 Å². The molecule has 2 rings (SSSR count). The molecule has 1 aromatic heterocycles. The Balaban J connectivity index is 1.97. The lowest BCUT2D eigenvalue weighted by atomic mass is 10.1. The van der Waals surface area contributed by atoms with E-state index in [0.717, 1.165) is 17.0 Å². The fraction of sp³-hybridized carbons (Fsp3) is 0.357. The van der Waals surface area contributed by atoms with E-state index in [1.54, 1.807) is 20.2 Å². The summed E-state index contributed by atoms with van der Waals surface area (Å²) in [5.41, 5.74) is 4.59. The molecule has 0 radical (unpaired) electrons. The van der Waals surface area contributed by atoms with E-state index >= 15 is 0 Å². The van der Waals surface area contributed by atoms with Gasteiger partial charge in [0.15, 0.2) is 0 Å². The normalized spacial score (nSPS) is 10.9. The standard InChI is InChI=1S/C14H18FN3/c1-9-4-12(5-10(2)14(9)15)6-16-7-13-11(3)17-8-18-13/h4-5,8,16H,6-7H2,1-3H3,(H,17,18). The van der Waals surface area contributed by atoms with Crippen LogP contribution in [0.3, 0.4) is 0 Å². The second-order valence-electron chi connectivity index (χ2n) is 4.62. The van der Waals surface area contributed by atoms with Gasteiger partial charge in [-0.25, -0.2) is 9.37 Å². The Morgan fingerprint density at radius 1 is 1.17 bits per heavy atom. The van der Waals surface area contributed by atoms with Crippen LogP contribution in [0, 0.1) is 26.6 Å². The van der Waals surface area contributed by atoms with E-state index in [1.165, 1.54) is 0 Å². The Hall–Kier alpha value is -1.68. The van der Waals surface area contributed by atoms with Gasteiger partial charge in [0.05, 0.1) is 12.0 Å². The molecule has 18 heavy (non-hydrogen) atoms. The van der Waals surface area contributed by atoms with Gasteiger partial charge >= 0.3 is 0 Å². The van der Waals surface area contributed by atoms with Gasteiger partial charge in [-0.05, 0) is 37.5 Å². The highest BCUT2D eigenvalue weighted by Crippen LogP contribution is 2.14. The first-order valence-electron chi connectivity index (χ1n) is 6.03. The molecule has 1 aromatic carbocycles. The van der Waals surface area contributed by atoms with Gasteiger partial charge in [-0.2, -0.15) is 0 Å². The Labute approximate surface area is 106 Å². The largest absolute Gasteiger partial charge is 0.348 e. The zero-order chi connectivity index (χ0) is 13.1. The molecule has 0 spiro atoms. The quantitative estimate of drug-likeness (QED) is 0.872. The topological polar surface area (TPSA) is 40.7 Å². The molecule has 0 aliphatic heterocycles. The summed E-state index contributed by atoms with van der Waals surface area (Å²) >= 11 is 0. The summed E-state index contributed by atoms with van der Waals surface area (Å²) in [7, 11) is 0. The van der Waals surface area contributed by atoms with Crippen molar-refractivity contribution in [3.63, 3.8) is 0 Å². The van der Waals surface area contributed by atoms with Crippen LogP contribution in [-0.2, 0) is 13.1 Å². The van der Waals surface area contributed by atoms with Gasteiger partial charge in [0.2, 0.25) is 0 Å². The highest BCUT2D eigenvalue weighted by Gasteiger charge is 2.05. The lowest BCUT2D eigenvalue weighted by Gasteiger charge is -2.08. The second-order valence-corrected chi connectivity index (χ2v) is 4.62. The molecule has 0 saturated carbocycles. The van der Waals surface area contributed by atoms with Crippen molar-refractivity contribution in [1.82, 2.24) is 15.3 Å². The molecule has 0 aliphatic carbocycles. The molecular formula is C14H18FN3. The number of aryl methyl sites for hydroxylation is 3. The van der Waals surface area contributed by atoms with Crippen molar-refractivity contribution >= 4 is 0 Å². The third-order valence-corrected chi connectivity index (χ3v) is 3.05. The number of benzene rings is 1. The fourth-order valence-electron chi connectivity index (χ4n) is 2.03. The Bertz CT molecular complexity index is 523. The van der Waals surface area contributed by atoms with Crippen LogP contribution in [0.2, 0.25) is 0 Å². The van der Waals surface area contributed by atoms with Crippen molar-refractivity contribution in [2.75, 3.05) is 0 Å². The lowest BCUT2D eigenvalue weighted by molar-refractivity contribution is 0.605. The SMILES string of the molecule is Cc1cc(CNCc2nc[nH]c2C)cc(C)c1F. The summed E-state index contributed by atoms with van der Waals surface area (Å²) in [6.45, 7) is 7.02. The molecule has 0 fully saturated rings. The van der Waals surface area contributed by atoms with E-state index in [0.29, 0.717) is 24.2 Å². The van der Waals surface area contributed by atoms with E-state index in [-0.39, 0.29) is 5.82 Å². The monoisotopic (exact) mass is 247 g/mol. The highest BCUT2D eigenvalue weighted by atomic mass is 19.1. The molecule has 0 unspecified atom stereocenters. The van der Waals surface area contributed by atoms with Gasteiger partial charge in [0.25, 0.3) is 0 Å². The Morgan fingerprint density at radius 3 is 2.39 bits per heavy atom. The number of halogens is 1. The molecule has 4 heteroatoms. The van der Waals surface area contributed by atoms with E-state index in [2.05, 4.69) is 15.3 Å². The van der Waals surface area contributed by atoms with Crippen LogP contribution >= 0.6 is 0 Å². The van der Waals surface area contributed by atoms with Crippen LogP contribution in [0.15, 0.2) is 18.5 Å². The number of nitrogens with zero attached hydrogens (tertiary/aromatic N) is 1. The number of hydrogen-bond donors (Lipinski definition) is 2. The van der Waals surface area contributed by atoms with Crippen molar-refractivity contribution in [2.24, 2.45) is 0 Å². The maximum absolute atomic E-state index is 13.5. The summed E-state index contributed by atoms with van der Waals surface area (Å²) in [6.07, 6.45) is 1.69. The van der Waals surface area contributed by atoms with Crippen molar-refractivity contribution in [2.45, 2.75) is 33.9 Å². The van der Waals surface area contributed by atoms with Gasteiger partial charge in [-0.1, -0.05) is 12.1 Å². The number of aromatic amines is 1. The van der Waals surface area contributed by atoms with Crippen LogP contribution in [0.25, 0.3) is 0 Å². The maximum Gasteiger partial charge on any atom is 0.129 e. The highest BCUT2D eigenvalue weighted by molar-refractivity contribution is 5.30. The molecule has 0 aliphatic rings. The van der Waals surface area contributed by atoms with E-state index < -0.39 is 0 Å². The molecule has 3 nitrogen and oxygen atoms in total. The van der Waals surface area contributed by atoms with Crippen LogP contribution in [0.4, 0.5) is 4.39 Å². The van der Waals surface area contributed by atoms with Crippen LogP contribution in [0.1, 0.15) is 28.1 Å². The average molecular weight is 247 g/mol. The first-order valence-corrected chi connectivity index (χ1v) is 6.03. The number of rotatable bonds is 4. The third-order valence-electron chi connectivity index (χ3n) is 3.05. The first kappa shape index (κ1) is 12.8. The molecule has 2 aromatic rings. The van der Waals surface area contributed by atoms with Gasteiger partial charge < -0.3 is 10.3 Å². The Kier molecular flexibility index (Phi) is 3.77. The summed E-state index contributed by atoms with van der Waals surface area (Å²) < 4.78 is 13.5. The van der Waals surface area contributed by atoms with E-state index in [9.17, 15) is 4.39 Å². The van der Waals surface area contributed by atoms with Crippen molar-refractivity contribution in [1.29, 1.82) is 0 Å². The van der Waals surface area contributed by atoms with Crippen molar-refractivity contribution in [3.05, 3.63) is 52.4 Å².